The van der Waals surface area contributed by atoms with Crippen LogP contribution in [0.2, 0.25) is 0 Å². The van der Waals surface area contributed by atoms with Crippen LogP contribution < -0.4 is 14.2 Å². The number of Topliss-reactive ketones (excluding diaryl/α,β-unsaturated/α-hetero) is 1. The third-order valence-electron chi connectivity index (χ3n) is 6.84. The number of rotatable bonds is 2. The molecule has 32 heavy (non-hydrogen) atoms. The number of para-hydroxylation sites is 1. The van der Waals surface area contributed by atoms with Crippen LogP contribution in [0.4, 0.5) is 0 Å². The molecule has 0 bridgehead atoms. The number of ketones is 1. The maximum atomic E-state index is 13.2. The Morgan fingerprint density at radius 1 is 1.12 bits per heavy atom. The van der Waals surface area contributed by atoms with Crippen LogP contribution in [0.1, 0.15) is 60.0 Å². The number of carbonyl (C=O) groups excluding carboxylic acids is 3. The van der Waals surface area contributed by atoms with Crippen LogP contribution in [-0.4, -0.2) is 48.4 Å². The molecule has 0 saturated carbocycles. The van der Waals surface area contributed by atoms with Gasteiger partial charge in [-0.1, -0.05) is 18.2 Å². The van der Waals surface area contributed by atoms with Gasteiger partial charge in [0.05, 0.1) is 25.5 Å². The molecule has 1 saturated heterocycles. The molecule has 1 spiro atoms. The van der Waals surface area contributed by atoms with Crippen LogP contribution in [0, 0.1) is 0 Å². The van der Waals surface area contributed by atoms with Gasteiger partial charge in [0.25, 0.3) is 0 Å². The van der Waals surface area contributed by atoms with Crippen LogP contribution in [0.3, 0.4) is 0 Å². The first-order valence-electron chi connectivity index (χ1n) is 10.9. The van der Waals surface area contributed by atoms with Gasteiger partial charge in [0.1, 0.15) is 22.8 Å². The monoisotopic (exact) mass is 435 g/mol. The van der Waals surface area contributed by atoms with Crippen molar-refractivity contribution >= 4 is 17.7 Å². The molecular weight excluding hydrogens is 410 g/mol. The zero-order valence-corrected chi connectivity index (χ0v) is 18.2. The molecule has 3 heterocycles. The van der Waals surface area contributed by atoms with Crippen molar-refractivity contribution in [2.24, 2.45) is 0 Å². The molecule has 2 aromatic carbocycles. The predicted molar refractivity (Wildman–Crippen MR) is 115 cm³/mol. The number of hydrogen-bond acceptors (Lipinski definition) is 6. The third-order valence-corrected chi connectivity index (χ3v) is 6.84. The highest BCUT2D eigenvalue weighted by Gasteiger charge is 2.46. The Morgan fingerprint density at radius 3 is 2.59 bits per heavy atom. The van der Waals surface area contributed by atoms with Crippen molar-refractivity contribution in [3.05, 3.63) is 53.1 Å². The number of carbonyl (C=O) groups is 3. The Labute approximate surface area is 186 Å². The van der Waals surface area contributed by atoms with Crippen molar-refractivity contribution in [2.75, 3.05) is 20.2 Å². The molecule has 0 radical (unpaired) electrons. The van der Waals surface area contributed by atoms with Gasteiger partial charge < -0.3 is 19.1 Å². The second-order valence-corrected chi connectivity index (χ2v) is 8.72. The highest BCUT2D eigenvalue weighted by Crippen LogP contribution is 2.51. The molecule has 1 amide bonds. The number of fused-ring (bicyclic) bond motifs is 3. The van der Waals surface area contributed by atoms with Gasteiger partial charge in [0.2, 0.25) is 5.91 Å². The molecule has 0 N–H and O–H groups in total. The molecule has 2 aromatic rings. The molecular formula is C25H25NO6. The van der Waals surface area contributed by atoms with Crippen LogP contribution in [0.5, 0.6) is 17.2 Å². The van der Waals surface area contributed by atoms with E-state index in [2.05, 4.69) is 0 Å². The Kier molecular flexibility index (Phi) is 4.92. The predicted octanol–water partition coefficient (Wildman–Crippen LogP) is 3.48. The largest absolute Gasteiger partial charge is 0.496 e. The zero-order chi connectivity index (χ0) is 22.5. The molecule has 1 fully saturated rings. The fourth-order valence-corrected chi connectivity index (χ4v) is 5.13. The lowest BCUT2D eigenvalue weighted by Gasteiger charge is -2.45. The number of amides is 1. The fourth-order valence-electron chi connectivity index (χ4n) is 5.13. The lowest BCUT2D eigenvalue weighted by atomic mass is 9.79. The van der Waals surface area contributed by atoms with Gasteiger partial charge in [-0.25, -0.2) is 0 Å². The topological polar surface area (TPSA) is 82.1 Å². The van der Waals surface area contributed by atoms with Crippen molar-refractivity contribution in [1.82, 2.24) is 4.90 Å². The van der Waals surface area contributed by atoms with E-state index in [9.17, 15) is 14.4 Å². The van der Waals surface area contributed by atoms with Crippen LogP contribution >= 0.6 is 0 Å². The number of benzene rings is 2. The average molecular weight is 435 g/mol. The molecule has 0 aliphatic carbocycles. The minimum Gasteiger partial charge on any atom is -0.496 e. The summed E-state index contributed by atoms with van der Waals surface area (Å²) < 4.78 is 17.7. The van der Waals surface area contributed by atoms with Crippen molar-refractivity contribution in [3.8, 4) is 17.2 Å². The van der Waals surface area contributed by atoms with E-state index in [-0.39, 0.29) is 36.4 Å². The van der Waals surface area contributed by atoms with Crippen molar-refractivity contribution < 1.29 is 28.6 Å². The standard InChI is InChI=1S/C25H25NO6/c1-15(27)26-11-9-25(10-12-26)14-19(28)17-7-8-21-23(24(17)32-25)18(13-22(29)31-21)16-5-3-4-6-20(16)30-2/h3-8,18H,9-14H2,1-2H3/t18-/m1/s1. The maximum absolute atomic E-state index is 13.2. The fraction of sp³-hybridized carbons (Fsp3) is 0.400. The zero-order valence-electron chi connectivity index (χ0n) is 18.2. The molecule has 3 aliphatic rings. The van der Waals surface area contributed by atoms with E-state index in [0.717, 1.165) is 5.56 Å². The minimum atomic E-state index is -0.655. The highest BCUT2D eigenvalue weighted by atomic mass is 16.5. The quantitative estimate of drug-likeness (QED) is 0.531. The summed E-state index contributed by atoms with van der Waals surface area (Å²) in [5.41, 5.74) is 1.43. The number of nitrogens with zero attached hydrogens (tertiary/aromatic N) is 1. The molecule has 166 valence electrons. The van der Waals surface area contributed by atoms with Gasteiger partial charge in [-0.05, 0) is 18.2 Å². The van der Waals surface area contributed by atoms with Gasteiger partial charge in [0.15, 0.2) is 5.78 Å². The molecule has 7 heteroatoms. The summed E-state index contributed by atoms with van der Waals surface area (Å²) in [5, 5.41) is 0. The first kappa shape index (κ1) is 20.5. The first-order valence-corrected chi connectivity index (χ1v) is 10.9. The minimum absolute atomic E-state index is 0.0148. The number of likely N-dealkylation sites (tertiary alicyclic amines) is 1. The van der Waals surface area contributed by atoms with Crippen molar-refractivity contribution in [1.29, 1.82) is 0 Å². The number of hydrogen-bond donors (Lipinski definition) is 0. The van der Waals surface area contributed by atoms with E-state index in [0.29, 0.717) is 54.3 Å². The van der Waals surface area contributed by atoms with E-state index in [1.165, 1.54) is 0 Å². The van der Waals surface area contributed by atoms with E-state index in [1.54, 1.807) is 31.1 Å². The average Bonchev–Trinajstić information content (AvgIpc) is 2.78. The Bertz CT molecular complexity index is 1120. The number of methoxy groups -OCH3 is 1. The van der Waals surface area contributed by atoms with E-state index < -0.39 is 5.60 Å². The molecule has 1 atom stereocenters. The summed E-state index contributed by atoms with van der Waals surface area (Å²) in [5.74, 6) is 0.948. The van der Waals surface area contributed by atoms with Gasteiger partial charge in [-0.15, -0.1) is 0 Å². The number of ether oxygens (including phenoxy) is 3. The van der Waals surface area contributed by atoms with Gasteiger partial charge in [0, 0.05) is 49.9 Å². The van der Waals surface area contributed by atoms with Crippen LogP contribution in [0.15, 0.2) is 36.4 Å². The highest BCUT2D eigenvalue weighted by molar-refractivity contribution is 6.01. The summed E-state index contributed by atoms with van der Waals surface area (Å²) in [6.07, 6.45) is 1.58. The number of esters is 1. The van der Waals surface area contributed by atoms with Crippen molar-refractivity contribution in [3.63, 3.8) is 0 Å². The first-order chi connectivity index (χ1) is 15.4. The van der Waals surface area contributed by atoms with Gasteiger partial charge in [-0.2, -0.15) is 0 Å². The summed E-state index contributed by atoms with van der Waals surface area (Å²) in [6, 6.07) is 10.9. The van der Waals surface area contributed by atoms with E-state index in [1.807, 2.05) is 24.3 Å². The smallest absolute Gasteiger partial charge is 0.312 e. The van der Waals surface area contributed by atoms with E-state index in [4.69, 9.17) is 14.2 Å². The molecule has 5 rings (SSSR count). The summed E-state index contributed by atoms with van der Waals surface area (Å²) in [4.78, 5) is 39.2. The molecule has 0 unspecified atom stereocenters. The van der Waals surface area contributed by atoms with Crippen molar-refractivity contribution in [2.45, 2.75) is 44.1 Å². The lowest BCUT2D eigenvalue weighted by molar-refractivity contribution is -0.135. The van der Waals surface area contributed by atoms with Crippen LogP contribution in [-0.2, 0) is 9.59 Å². The second-order valence-electron chi connectivity index (χ2n) is 8.72. The SMILES string of the molecule is COc1ccccc1[C@H]1CC(=O)Oc2ccc3c(c21)OC1(CCN(C(C)=O)CC1)CC3=O. The maximum Gasteiger partial charge on any atom is 0.312 e. The third kappa shape index (κ3) is 3.32. The summed E-state index contributed by atoms with van der Waals surface area (Å²) in [6.45, 7) is 2.67. The van der Waals surface area contributed by atoms with E-state index >= 15 is 0 Å². The molecule has 3 aliphatic heterocycles. The lowest BCUT2D eigenvalue weighted by Crippen LogP contribution is -2.52. The second kappa shape index (κ2) is 7.65. The molecule has 0 aromatic heterocycles. The van der Waals surface area contributed by atoms with Crippen LogP contribution in [0.25, 0.3) is 0 Å². The number of piperidine rings is 1. The van der Waals surface area contributed by atoms with Gasteiger partial charge in [-0.3, -0.25) is 14.4 Å². The molecule has 7 nitrogen and oxygen atoms in total. The Hall–Kier alpha value is -3.35. The Morgan fingerprint density at radius 2 is 1.88 bits per heavy atom. The van der Waals surface area contributed by atoms with Gasteiger partial charge >= 0.3 is 5.97 Å². The Balaban J connectivity index is 1.60. The summed E-state index contributed by atoms with van der Waals surface area (Å²) >= 11 is 0. The summed E-state index contributed by atoms with van der Waals surface area (Å²) in [7, 11) is 1.60. The normalized spacial score (nSPS) is 21.3.